The smallest absolute Gasteiger partial charge is 0.278 e. The molecule has 0 radical (unpaired) electrons. The minimum absolute atomic E-state index is 0.0794. The van der Waals surface area contributed by atoms with Crippen LogP contribution in [-0.4, -0.2) is 35.4 Å². The largest absolute Gasteiger partial charge is 0.467 e. The molecule has 0 fully saturated rings. The first kappa shape index (κ1) is 26.8. The van der Waals surface area contributed by atoms with Gasteiger partial charge in [0.15, 0.2) is 6.61 Å². The van der Waals surface area contributed by atoms with Gasteiger partial charge in [0.25, 0.3) is 5.91 Å². The predicted octanol–water partition coefficient (Wildman–Crippen LogP) is 5.02. The second-order valence-corrected chi connectivity index (χ2v) is 9.85. The maximum absolute atomic E-state index is 12.3. The molecule has 0 aliphatic rings. The topological polar surface area (TPSA) is 102 Å². The van der Waals surface area contributed by atoms with E-state index in [0.29, 0.717) is 15.7 Å². The molecule has 3 rings (SSSR count). The molecule has 0 saturated carbocycles. The number of hydrazone groups is 1. The van der Waals surface area contributed by atoms with E-state index in [0.717, 1.165) is 22.6 Å². The molecule has 2 heterocycles. The Morgan fingerprint density at radius 3 is 2.71 bits per heavy atom. The fourth-order valence-corrected chi connectivity index (χ4v) is 4.37. The van der Waals surface area contributed by atoms with Crippen molar-refractivity contribution in [2.24, 2.45) is 5.10 Å². The molecule has 0 aliphatic heterocycles. The minimum Gasteiger partial charge on any atom is -0.467 e. The number of rotatable bonds is 8. The van der Waals surface area contributed by atoms with Gasteiger partial charge in [0.05, 0.1) is 18.5 Å². The molecule has 2 aromatic heterocycles. The first-order chi connectivity index (χ1) is 16.7. The molecule has 8 nitrogen and oxygen atoms in total. The Hall–Kier alpha value is -2.75. The summed E-state index contributed by atoms with van der Waals surface area (Å²) in [5, 5.41) is 13.6. The van der Waals surface area contributed by atoms with Crippen molar-refractivity contribution in [2.75, 3.05) is 13.7 Å². The van der Waals surface area contributed by atoms with Gasteiger partial charge in [-0.05, 0) is 96.0 Å². The van der Waals surface area contributed by atoms with Crippen molar-refractivity contribution in [1.29, 1.82) is 5.26 Å². The van der Waals surface area contributed by atoms with Crippen LogP contribution in [0.1, 0.15) is 39.3 Å². The monoisotopic (exact) mass is 649 g/mol. The van der Waals surface area contributed by atoms with Crippen LogP contribution in [0.4, 0.5) is 0 Å². The Labute approximate surface area is 226 Å². The van der Waals surface area contributed by atoms with Crippen molar-refractivity contribution in [3.05, 3.63) is 71.6 Å². The van der Waals surface area contributed by atoms with Crippen LogP contribution in [0, 0.1) is 42.6 Å². The van der Waals surface area contributed by atoms with Crippen LogP contribution in [0.5, 0.6) is 5.88 Å². The third kappa shape index (κ3) is 6.09. The molecule has 0 aliphatic carbocycles. The average Bonchev–Trinajstić information content (AvgIpc) is 3.10. The number of hydrogen-bond donors (Lipinski definition) is 1. The lowest BCUT2D eigenvalue weighted by atomic mass is 10.1. The van der Waals surface area contributed by atoms with Gasteiger partial charge < -0.3 is 14.0 Å². The fraction of sp³-hybridized carbons (Fsp3) is 0.280. The molecule has 1 aromatic carbocycles. The molecular formula is C25H25BrIN5O3. The van der Waals surface area contributed by atoms with Crippen LogP contribution in [0.2, 0.25) is 0 Å². The van der Waals surface area contributed by atoms with Gasteiger partial charge in [0, 0.05) is 43.4 Å². The summed E-state index contributed by atoms with van der Waals surface area (Å²) >= 11 is 5.75. The van der Waals surface area contributed by atoms with Crippen molar-refractivity contribution in [1.82, 2.24) is 15.0 Å². The predicted molar refractivity (Wildman–Crippen MR) is 146 cm³/mol. The highest BCUT2D eigenvalue weighted by molar-refractivity contribution is 14.1. The van der Waals surface area contributed by atoms with Gasteiger partial charge in [-0.2, -0.15) is 10.4 Å². The number of aryl methyl sites for hydroxylation is 3. The number of aromatic nitrogens is 2. The number of halogens is 2. The van der Waals surface area contributed by atoms with Gasteiger partial charge in [-0.25, -0.2) is 10.4 Å². The Morgan fingerprint density at radius 2 is 2.06 bits per heavy atom. The molecule has 0 atom stereocenters. The normalized spacial score (nSPS) is 11.0. The van der Waals surface area contributed by atoms with Gasteiger partial charge in [-0.1, -0.05) is 0 Å². The lowest BCUT2D eigenvalue weighted by molar-refractivity contribution is -0.123. The third-order valence-corrected chi connectivity index (χ3v) is 7.63. The summed E-state index contributed by atoms with van der Waals surface area (Å²) in [6.07, 6.45) is 1.61. The van der Waals surface area contributed by atoms with Crippen molar-refractivity contribution >= 4 is 50.6 Å². The van der Waals surface area contributed by atoms with E-state index in [1.807, 2.05) is 19.9 Å². The number of carbonyl (C=O) groups excluding carboxylic acids is 1. The lowest BCUT2D eigenvalue weighted by Crippen LogP contribution is -2.25. The van der Waals surface area contributed by atoms with E-state index >= 15 is 0 Å². The molecule has 0 spiro atoms. The zero-order valence-electron chi connectivity index (χ0n) is 20.1. The van der Waals surface area contributed by atoms with Crippen LogP contribution in [0.3, 0.4) is 0 Å². The van der Waals surface area contributed by atoms with Crippen molar-refractivity contribution in [3.8, 4) is 17.6 Å². The van der Waals surface area contributed by atoms with E-state index in [1.54, 1.807) is 13.1 Å². The third-order valence-electron chi connectivity index (χ3n) is 5.37. The SMILES string of the molecule is COCc1c(Br)c(C)nc(OCC(=O)NN=Cc2cc(C)n(-c3ccc(I)c(C)c3)c2C)c1C#N. The second kappa shape index (κ2) is 11.8. The maximum atomic E-state index is 12.3. The fourth-order valence-electron chi connectivity index (χ4n) is 3.64. The Morgan fingerprint density at radius 1 is 1.31 bits per heavy atom. The molecule has 1 amide bonds. The number of nitrogens with zero attached hydrogens (tertiary/aromatic N) is 4. The number of nitriles is 1. The Bertz CT molecular complexity index is 1340. The summed E-state index contributed by atoms with van der Waals surface area (Å²) in [4.78, 5) is 16.6. The van der Waals surface area contributed by atoms with Gasteiger partial charge in [-0.3, -0.25) is 4.79 Å². The highest BCUT2D eigenvalue weighted by atomic mass is 127. The van der Waals surface area contributed by atoms with Crippen molar-refractivity contribution < 1.29 is 14.3 Å². The highest BCUT2D eigenvalue weighted by Crippen LogP contribution is 2.30. The van der Waals surface area contributed by atoms with E-state index in [9.17, 15) is 10.1 Å². The number of benzene rings is 1. The van der Waals surface area contributed by atoms with Crippen LogP contribution >= 0.6 is 38.5 Å². The van der Waals surface area contributed by atoms with E-state index in [-0.39, 0.29) is 24.7 Å². The molecule has 0 unspecified atom stereocenters. The molecule has 0 bridgehead atoms. The van der Waals surface area contributed by atoms with Crippen LogP contribution in [0.25, 0.3) is 5.69 Å². The van der Waals surface area contributed by atoms with Crippen LogP contribution in [-0.2, 0) is 16.1 Å². The first-order valence-corrected chi connectivity index (χ1v) is 12.5. The maximum Gasteiger partial charge on any atom is 0.278 e. The van der Waals surface area contributed by atoms with Gasteiger partial charge in [0.2, 0.25) is 5.88 Å². The Kier molecular flexibility index (Phi) is 9.04. The zero-order chi connectivity index (χ0) is 25.7. The second-order valence-electron chi connectivity index (χ2n) is 7.89. The standard InChI is InChI=1S/C25H25BrIN5O3/c1-14-8-19(6-7-22(14)27)32-15(2)9-18(17(32)4)11-29-31-23(33)13-35-25-20(10-28)21(12-34-5)24(26)16(3)30-25/h6-9,11H,12-13H2,1-5H3,(H,31,33). The molecule has 3 aromatic rings. The van der Waals surface area contributed by atoms with Gasteiger partial charge in [0.1, 0.15) is 11.6 Å². The van der Waals surface area contributed by atoms with Crippen LogP contribution in [0.15, 0.2) is 33.8 Å². The quantitative estimate of drug-likeness (QED) is 0.210. The summed E-state index contributed by atoms with van der Waals surface area (Å²) in [5.74, 6) is -0.390. The molecule has 10 heteroatoms. The first-order valence-electron chi connectivity index (χ1n) is 10.7. The molecule has 182 valence electrons. The number of methoxy groups -OCH3 is 1. The average molecular weight is 650 g/mol. The highest BCUT2D eigenvalue weighted by Gasteiger charge is 2.18. The number of pyridine rings is 1. The number of nitrogens with one attached hydrogen (secondary N) is 1. The minimum atomic E-state index is -0.470. The van der Waals surface area contributed by atoms with E-state index < -0.39 is 5.91 Å². The van der Waals surface area contributed by atoms with Crippen molar-refractivity contribution in [3.63, 3.8) is 0 Å². The summed E-state index contributed by atoms with van der Waals surface area (Å²) in [6.45, 7) is 7.77. The molecule has 0 saturated heterocycles. The van der Waals surface area contributed by atoms with Gasteiger partial charge in [-0.15, -0.1) is 0 Å². The molecular weight excluding hydrogens is 625 g/mol. The zero-order valence-corrected chi connectivity index (χ0v) is 23.8. The van der Waals surface area contributed by atoms with E-state index in [4.69, 9.17) is 9.47 Å². The summed E-state index contributed by atoms with van der Waals surface area (Å²) in [6, 6.07) is 10.4. The van der Waals surface area contributed by atoms with Gasteiger partial charge >= 0.3 is 0 Å². The number of ether oxygens (including phenoxy) is 2. The summed E-state index contributed by atoms with van der Waals surface area (Å²) < 4.78 is 14.8. The van der Waals surface area contributed by atoms with Crippen molar-refractivity contribution in [2.45, 2.75) is 34.3 Å². The number of carbonyl (C=O) groups is 1. The lowest BCUT2D eigenvalue weighted by Gasteiger charge is -2.13. The molecule has 1 N–H and O–H groups in total. The van der Waals surface area contributed by atoms with Crippen LogP contribution < -0.4 is 10.2 Å². The van der Waals surface area contributed by atoms with E-state index in [1.165, 1.54) is 16.2 Å². The summed E-state index contributed by atoms with van der Waals surface area (Å²) in [7, 11) is 1.54. The summed E-state index contributed by atoms with van der Waals surface area (Å²) in [5.41, 5.74) is 9.19. The number of amides is 1. The number of hydrogen-bond acceptors (Lipinski definition) is 6. The molecule has 35 heavy (non-hydrogen) atoms. The van der Waals surface area contributed by atoms with E-state index in [2.05, 4.69) is 89.8 Å². The Balaban J connectivity index is 1.69.